The Morgan fingerprint density at radius 2 is 0.722 bits per heavy atom. The predicted molar refractivity (Wildman–Crippen MR) is 146 cm³/mol. The molecule has 3 aliphatic rings. The van der Waals surface area contributed by atoms with E-state index in [1.54, 1.807) is 0 Å². The van der Waals surface area contributed by atoms with Gasteiger partial charge < -0.3 is 19.6 Å². The zero-order valence-corrected chi connectivity index (χ0v) is 22.4. The number of piperazine rings is 2. The Bertz CT molecular complexity index is 1130. The minimum absolute atomic E-state index is 0.0560. The number of hydrogen-bond donors (Lipinski definition) is 0. The summed E-state index contributed by atoms with van der Waals surface area (Å²) in [6, 6.07) is 15.3. The van der Waals surface area contributed by atoms with Crippen LogP contribution in [0.5, 0.6) is 0 Å². The summed E-state index contributed by atoms with van der Waals surface area (Å²) in [5.74, 6) is -0.785. The lowest BCUT2D eigenvalue weighted by atomic mass is 10.0. The van der Waals surface area contributed by atoms with Gasteiger partial charge in [-0.3, -0.25) is 9.59 Å². The molecule has 6 nitrogen and oxygen atoms in total. The van der Waals surface area contributed by atoms with Crippen molar-refractivity contribution in [2.45, 2.75) is 0 Å². The molecule has 5 rings (SSSR count). The second-order valence-electron chi connectivity index (χ2n) is 8.88. The fourth-order valence-corrected chi connectivity index (χ4v) is 5.71. The van der Waals surface area contributed by atoms with Crippen LogP contribution in [0.3, 0.4) is 0 Å². The van der Waals surface area contributed by atoms with Gasteiger partial charge in [0.25, 0.3) is 0 Å². The highest BCUT2D eigenvalue weighted by Crippen LogP contribution is 2.34. The second kappa shape index (κ2) is 10.5. The second-order valence-corrected chi connectivity index (χ2v) is 10.5. The summed E-state index contributed by atoms with van der Waals surface area (Å²) in [7, 11) is 0. The van der Waals surface area contributed by atoms with Crippen LogP contribution in [0.15, 0.2) is 70.0 Å². The quantitative estimate of drug-likeness (QED) is 0.487. The molecule has 2 fully saturated rings. The Hall–Kier alpha value is -2.38. The number of ketones is 2. The van der Waals surface area contributed by atoms with Gasteiger partial charge in [-0.25, -0.2) is 0 Å². The van der Waals surface area contributed by atoms with Gasteiger partial charge in [-0.05, 0) is 48.5 Å². The monoisotopic (exact) mass is 564 g/mol. The van der Waals surface area contributed by atoms with Crippen molar-refractivity contribution in [1.82, 2.24) is 9.80 Å². The topological polar surface area (TPSA) is 47.1 Å². The maximum absolute atomic E-state index is 13.3. The van der Waals surface area contributed by atoms with E-state index in [1.165, 1.54) is 0 Å². The number of allylic oxidation sites excluding steroid dienone is 2. The molecule has 188 valence electrons. The molecule has 2 aromatic carbocycles. The van der Waals surface area contributed by atoms with E-state index >= 15 is 0 Å². The van der Waals surface area contributed by atoms with Gasteiger partial charge in [-0.15, -0.1) is 0 Å². The lowest BCUT2D eigenvalue weighted by Crippen LogP contribution is -2.50. The lowest BCUT2D eigenvalue weighted by Gasteiger charge is -2.41. The van der Waals surface area contributed by atoms with Gasteiger partial charge >= 0.3 is 0 Å². The molecule has 0 saturated carbocycles. The van der Waals surface area contributed by atoms with Crippen LogP contribution in [0.1, 0.15) is 0 Å². The summed E-state index contributed by atoms with van der Waals surface area (Å²) in [4.78, 5) is 34.8. The maximum atomic E-state index is 13.3. The van der Waals surface area contributed by atoms with Gasteiger partial charge in [0.05, 0.1) is 0 Å². The minimum atomic E-state index is -0.392. The SMILES string of the molecule is O=C1C(Cl)=C(N2CCN(c3ccc(Cl)cc3)CC2)C(=O)C(Cl)=C1N1CCN(c2ccc(Cl)cc2)CC1. The van der Waals surface area contributed by atoms with Gasteiger partial charge in [0.2, 0.25) is 11.6 Å². The van der Waals surface area contributed by atoms with Crippen LogP contribution in [0.2, 0.25) is 10.0 Å². The highest BCUT2D eigenvalue weighted by Gasteiger charge is 2.39. The number of carbonyl (C=O) groups is 2. The summed E-state index contributed by atoms with van der Waals surface area (Å²) in [5, 5.41) is 1.26. The van der Waals surface area contributed by atoms with Crippen LogP contribution in [0.25, 0.3) is 0 Å². The van der Waals surface area contributed by atoms with Gasteiger partial charge in [0.15, 0.2) is 0 Å². The number of carbonyl (C=O) groups excluding carboxylic acids is 2. The predicted octanol–water partition coefficient (Wildman–Crippen LogP) is 4.99. The molecular weight excluding hydrogens is 542 g/mol. The Labute approximate surface area is 230 Å². The largest absolute Gasteiger partial charge is 0.368 e. The zero-order valence-electron chi connectivity index (χ0n) is 19.4. The van der Waals surface area contributed by atoms with E-state index in [1.807, 2.05) is 58.3 Å². The molecule has 2 heterocycles. The van der Waals surface area contributed by atoms with Crippen LogP contribution < -0.4 is 9.80 Å². The Morgan fingerprint density at radius 1 is 0.444 bits per heavy atom. The Balaban J connectivity index is 1.26. The molecule has 2 aromatic rings. The average molecular weight is 566 g/mol. The Kier molecular flexibility index (Phi) is 7.40. The van der Waals surface area contributed by atoms with Gasteiger partial charge in [0.1, 0.15) is 21.5 Å². The third-order valence-electron chi connectivity index (χ3n) is 6.82. The molecule has 10 heteroatoms. The molecule has 2 saturated heterocycles. The van der Waals surface area contributed by atoms with Crippen molar-refractivity contribution < 1.29 is 9.59 Å². The molecule has 0 bridgehead atoms. The highest BCUT2D eigenvalue weighted by molar-refractivity contribution is 6.55. The molecule has 0 spiro atoms. The molecule has 0 amide bonds. The number of Topliss-reactive ketones (excluding diaryl/α,β-unsaturated/α-hetero) is 2. The van der Waals surface area contributed by atoms with Crippen LogP contribution in [-0.2, 0) is 9.59 Å². The first-order chi connectivity index (χ1) is 17.3. The van der Waals surface area contributed by atoms with Gasteiger partial charge in [-0.2, -0.15) is 0 Å². The molecular formula is C26H24Cl4N4O2. The summed E-state index contributed by atoms with van der Waals surface area (Å²) in [6.07, 6.45) is 0. The van der Waals surface area contributed by atoms with Gasteiger partial charge in [0, 0.05) is 73.8 Å². The summed E-state index contributed by atoms with van der Waals surface area (Å²) in [6.45, 7) is 4.91. The molecule has 36 heavy (non-hydrogen) atoms. The van der Waals surface area contributed by atoms with Crippen LogP contribution >= 0.6 is 46.4 Å². The standard InChI is InChI=1S/C26H24Cl4N4O2/c27-17-1-5-19(6-2-17)31-9-13-33(14-10-31)23-21(29)26(36)24(22(30)25(23)35)34-15-11-32(12-16-34)20-7-3-18(28)4-8-20/h1-8H,9-16H2. The highest BCUT2D eigenvalue weighted by atomic mass is 35.5. The molecule has 0 atom stereocenters. The van der Waals surface area contributed by atoms with Crippen LogP contribution in [-0.4, -0.2) is 73.7 Å². The summed E-state index contributed by atoms with van der Waals surface area (Å²) >= 11 is 25.1. The van der Waals surface area contributed by atoms with E-state index in [0.29, 0.717) is 62.4 Å². The molecule has 0 unspecified atom stereocenters. The average Bonchev–Trinajstić information content (AvgIpc) is 2.90. The molecule has 2 aliphatic heterocycles. The number of hydrogen-bond acceptors (Lipinski definition) is 6. The van der Waals surface area contributed by atoms with E-state index in [2.05, 4.69) is 9.80 Å². The van der Waals surface area contributed by atoms with Crippen LogP contribution in [0.4, 0.5) is 11.4 Å². The van der Waals surface area contributed by atoms with E-state index in [9.17, 15) is 9.59 Å². The van der Waals surface area contributed by atoms with Crippen molar-refractivity contribution in [2.75, 3.05) is 62.2 Å². The van der Waals surface area contributed by atoms with Crippen molar-refractivity contribution in [3.05, 3.63) is 80.0 Å². The maximum Gasteiger partial charge on any atom is 0.224 e. The van der Waals surface area contributed by atoms with E-state index in [4.69, 9.17) is 46.4 Å². The third kappa shape index (κ3) is 4.92. The van der Waals surface area contributed by atoms with Crippen molar-refractivity contribution in [3.8, 4) is 0 Å². The zero-order chi connectivity index (χ0) is 25.4. The summed E-state index contributed by atoms with van der Waals surface area (Å²) in [5.41, 5.74) is 2.52. The normalized spacial score (nSPS) is 19.6. The number of halogens is 4. The van der Waals surface area contributed by atoms with Crippen LogP contribution in [0, 0.1) is 0 Å². The van der Waals surface area contributed by atoms with Crippen molar-refractivity contribution in [2.24, 2.45) is 0 Å². The van der Waals surface area contributed by atoms with E-state index in [0.717, 1.165) is 11.4 Å². The van der Waals surface area contributed by atoms with E-state index in [-0.39, 0.29) is 21.5 Å². The first kappa shape index (κ1) is 25.3. The van der Waals surface area contributed by atoms with Crippen molar-refractivity contribution >= 4 is 69.3 Å². The molecule has 0 aromatic heterocycles. The smallest absolute Gasteiger partial charge is 0.224 e. The first-order valence-electron chi connectivity index (χ1n) is 11.7. The lowest BCUT2D eigenvalue weighted by molar-refractivity contribution is -0.118. The third-order valence-corrected chi connectivity index (χ3v) is 8.03. The summed E-state index contributed by atoms with van der Waals surface area (Å²) < 4.78 is 0. The number of benzene rings is 2. The molecule has 0 radical (unpaired) electrons. The van der Waals surface area contributed by atoms with Crippen molar-refractivity contribution in [3.63, 3.8) is 0 Å². The molecule has 0 N–H and O–H groups in total. The first-order valence-corrected chi connectivity index (χ1v) is 13.2. The molecule has 1 aliphatic carbocycles. The number of anilines is 2. The fourth-order valence-electron chi connectivity index (χ4n) is 4.87. The van der Waals surface area contributed by atoms with E-state index < -0.39 is 11.6 Å². The Morgan fingerprint density at radius 3 is 1.03 bits per heavy atom. The van der Waals surface area contributed by atoms with Gasteiger partial charge in [-0.1, -0.05) is 46.4 Å². The number of nitrogens with zero attached hydrogens (tertiary/aromatic N) is 4. The minimum Gasteiger partial charge on any atom is -0.368 e. The van der Waals surface area contributed by atoms with Crippen molar-refractivity contribution in [1.29, 1.82) is 0 Å². The fraction of sp³-hybridized carbons (Fsp3) is 0.308. The number of rotatable bonds is 4.